The number of hydrogen-bond donors (Lipinski definition) is 1. The van der Waals surface area contributed by atoms with E-state index in [1.807, 2.05) is 49.9 Å². The van der Waals surface area contributed by atoms with Gasteiger partial charge in [0.05, 0.1) is 0 Å². The van der Waals surface area contributed by atoms with Crippen molar-refractivity contribution in [3.63, 3.8) is 0 Å². The number of piperidine rings is 1. The van der Waals surface area contributed by atoms with Gasteiger partial charge in [-0.3, -0.25) is 4.79 Å². The average molecular weight is 286 g/mol. The fourth-order valence-electron chi connectivity index (χ4n) is 2.17. The van der Waals surface area contributed by atoms with Gasteiger partial charge in [0.2, 0.25) is 0 Å². The molecule has 3 nitrogen and oxygen atoms in total. The van der Waals surface area contributed by atoms with Crippen LogP contribution in [0.2, 0.25) is 0 Å². The first-order chi connectivity index (χ1) is 10.2. The van der Waals surface area contributed by atoms with Crippen LogP contribution < -0.4 is 5.73 Å². The summed E-state index contributed by atoms with van der Waals surface area (Å²) in [6, 6.07) is 7.78. The molecule has 0 aromatic heterocycles. The molecule has 114 valence electrons. The van der Waals surface area contributed by atoms with E-state index in [1.54, 1.807) is 0 Å². The lowest BCUT2D eigenvalue weighted by molar-refractivity contribution is 0.0715. The number of carbonyl (C=O) groups is 1. The Bertz CT molecular complexity index is 488. The Labute approximate surface area is 128 Å². The number of rotatable bonds is 1. The molecule has 1 aliphatic heterocycles. The van der Waals surface area contributed by atoms with Crippen LogP contribution in [0.4, 0.5) is 0 Å². The van der Waals surface area contributed by atoms with Crippen molar-refractivity contribution in [2.24, 2.45) is 5.73 Å². The lowest BCUT2D eigenvalue weighted by atomic mass is 10.0. The molecule has 0 aliphatic carbocycles. The first kappa shape index (κ1) is 17.3. The van der Waals surface area contributed by atoms with Crippen molar-refractivity contribution in [2.75, 3.05) is 13.1 Å². The molecule has 1 heterocycles. The van der Waals surface area contributed by atoms with Crippen molar-refractivity contribution in [1.29, 1.82) is 0 Å². The standard InChI is InChI=1S/C16H20N2O.C2H6/c1-2-3-4-13-5-7-14(8-6-13)16(19)18-11-9-15(17)10-12-18;1-2/h5-8,15H,2,9-12,17H2,1H3;1-2H3. The molecule has 0 spiro atoms. The fourth-order valence-corrected chi connectivity index (χ4v) is 2.17. The lowest BCUT2D eigenvalue weighted by Gasteiger charge is -2.30. The molecule has 21 heavy (non-hydrogen) atoms. The summed E-state index contributed by atoms with van der Waals surface area (Å²) >= 11 is 0. The van der Waals surface area contributed by atoms with Gasteiger partial charge in [-0.05, 0) is 37.1 Å². The summed E-state index contributed by atoms with van der Waals surface area (Å²) in [5.74, 6) is 6.18. The Morgan fingerprint density at radius 3 is 2.33 bits per heavy atom. The zero-order chi connectivity index (χ0) is 15.7. The van der Waals surface area contributed by atoms with Crippen molar-refractivity contribution >= 4 is 5.91 Å². The number of carbonyl (C=O) groups excluding carboxylic acids is 1. The molecule has 0 radical (unpaired) electrons. The van der Waals surface area contributed by atoms with Gasteiger partial charge in [0.15, 0.2) is 0 Å². The molecule has 3 heteroatoms. The quantitative estimate of drug-likeness (QED) is 0.807. The van der Waals surface area contributed by atoms with Crippen LogP contribution in [-0.4, -0.2) is 29.9 Å². The van der Waals surface area contributed by atoms with E-state index in [1.165, 1.54) is 0 Å². The van der Waals surface area contributed by atoms with Gasteiger partial charge in [0, 0.05) is 36.7 Å². The second kappa shape index (κ2) is 9.20. The molecule has 0 saturated carbocycles. The van der Waals surface area contributed by atoms with E-state index in [4.69, 9.17) is 5.73 Å². The van der Waals surface area contributed by atoms with E-state index in [0.717, 1.165) is 43.5 Å². The monoisotopic (exact) mass is 286 g/mol. The number of amides is 1. The minimum atomic E-state index is 0.0990. The fraction of sp³-hybridized carbons (Fsp3) is 0.500. The first-order valence-electron chi connectivity index (χ1n) is 7.84. The maximum absolute atomic E-state index is 12.3. The highest BCUT2D eigenvalue weighted by atomic mass is 16.2. The zero-order valence-corrected chi connectivity index (χ0v) is 13.4. The number of hydrogen-bond acceptors (Lipinski definition) is 2. The number of likely N-dealkylation sites (tertiary alicyclic amines) is 1. The molecule has 0 bridgehead atoms. The molecule has 1 aromatic carbocycles. The third-order valence-electron chi connectivity index (χ3n) is 3.37. The van der Waals surface area contributed by atoms with Crippen molar-refractivity contribution in [3.05, 3.63) is 35.4 Å². The van der Waals surface area contributed by atoms with Gasteiger partial charge in [-0.25, -0.2) is 0 Å². The Morgan fingerprint density at radius 1 is 1.24 bits per heavy atom. The van der Waals surface area contributed by atoms with Gasteiger partial charge in [-0.1, -0.05) is 32.6 Å². The lowest BCUT2D eigenvalue weighted by Crippen LogP contribution is -2.42. The van der Waals surface area contributed by atoms with Gasteiger partial charge in [0.1, 0.15) is 0 Å². The molecule has 1 fully saturated rings. The number of nitrogens with two attached hydrogens (primary N) is 1. The Balaban J connectivity index is 0.00000106. The van der Waals surface area contributed by atoms with Crippen molar-refractivity contribution in [2.45, 2.75) is 46.1 Å². The van der Waals surface area contributed by atoms with Crippen LogP contribution in [0.3, 0.4) is 0 Å². The highest BCUT2D eigenvalue weighted by Crippen LogP contribution is 2.13. The summed E-state index contributed by atoms with van der Waals surface area (Å²) in [4.78, 5) is 14.2. The van der Waals surface area contributed by atoms with Gasteiger partial charge >= 0.3 is 0 Å². The van der Waals surface area contributed by atoms with E-state index in [9.17, 15) is 4.79 Å². The van der Waals surface area contributed by atoms with E-state index < -0.39 is 0 Å². The van der Waals surface area contributed by atoms with Crippen LogP contribution >= 0.6 is 0 Å². The first-order valence-corrected chi connectivity index (χ1v) is 7.84. The van der Waals surface area contributed by atoms with Gasteiger partial charge in [-0.15, -0.1) is 0 Å². The molecule has 1 saturated heterocycles. The second-order valence-electron chi connectivity index (χ2n) is 4.86. The smallest absolute Gasteiger partial charge is 0.253 e. The zero-order valence-electron chi connectivity index (χ0n) is 13.4. The summed E-state index contributed by atoms with van der Waals surface area (Å²) in [5.41, 5.74) is 7.54. The number of benzene rings is 1. The van der Waals surface area contributed by atoms with E-state index in [2.05, 4.69) is 11.8 Å². The SMILES string of the molecule is CC.CCC#Cc1ccc(C(=O)N2CCC(N)CC2)cc1. The summed E-state index contributed by atoms with van der Waals surface area (Å²) < 4.78 is 0. The summed E-state index contributed by atoms with van der Waals surface area (Å²) in [6.07, 6.45) is 2.63. The van der Waals surface area contributed by atoms with Crippen molar-refractivity contribution in [1.82, 2.24) is 4.90 Å². The Kier molecular flexibility index (Phi) is 7.56. The molecule has 0 unspecified atom stereocenters. The normalized spacial score (nSPS) is 14.6. The third kappa shape index (κ3) is 5.24. The van der Waals surface area contributed by atoms with Crippen LogP contribution in [-0.2, 0) is 0 Å². The van der Waals surface area contributed by atoms with Gasteiger partial charge < -0.3 is 10.6 Å². The van der Waals surface area contributed by atoms with E-state index in [0.29, 0.717) is 0 Å². The van der Waals surface area contributed by atoms with Gasteiger partial charge in [-0.2, -0.15) is 0 Å². The van der Waals surface area contributed by atoms with E-state index in [-0.39, 0.29) is 11.9 Å². The molecule has 2 rings (SSSR count). The highest BCUT2D eigenvalue weighted by molar-refractivity contribution is 5.94. The topological polar surface area (TPSA) is 46.3 Å². The predicted octanol–water partition coefficient (Wildman–Crippen LogP) is 3.04. The Hall–Kier alpha value is -1.79. The van der Waals surface area contributed by atoms with Crippen LogP contribution in [0.5, 0.6) is 0 Å². The molecule has 1 aliphatic rings. The van der Waals surface area contributed by atoms with Crippen LogP contribution in [0.25, 0.3) is 0 Å². The van der Waals surface area contributed by atoms with Crippen LogP contribution in [0.1, 0.15) is 56.0 Å². The predicted molar refractivity (Wildman–Crippen MR) is 88.1 cm³/mol. The van der Waals surface area contributed by atoms with Crippen molar-refractivity contribution in [3.8, 4) is 11.8 Å². The van der Waals surface area contributed by atoms with E-state index >= 15 is 0 Å². The minimum Gasteiger partial charge on any atom is -0.339 e. The molecule has 2 N–H and O–H groups in total. The van der Waals surface area contributed by atoms with Crippen LogP contribution in [0.15, 0.2) is 24.3 Å². The highest BCUT2D eigenvalue weighted by Gasteiger charge is 2.21. The summed E-state index contributed by atoms with van der Waals surface area (Å²) in [7, 11) is 0. The maximum Gasteiger partial charge on any atom is 0.253 e. The molecule has 1 aromatic rings. The summed E-state index contributed by atoms with van der Waals surface area (Å²) in [6.45, 7) is 7.54. The molecule has 0 atom stereocenters. The average Bonchev–Trinajstić information content (AvgIpc) is 2.55. The number of nitrogens with zero attached hydrogens (tertiary/aromatic N) is 1. The minimum absolute atomic E-state index is 0.0990. The van der Waals surface area contributed by atoms with Crippen LogP contribution in [0, 0.1) is 11.8 Å². The molecular weight excluding hydrogens is 260 g/mol. The largest absolute Gasteiger partial charge is 0.339 e. The van der Waals surface area contributed by atoms with Gasteiger partial charge in [0.25, 0.3) is 5.91 Å². The summed E-state index contributed by atoms with van der Waals surface area (Å²) in [5, 5.41) is 0. The Morgan fingerprint density at radius 2 is 1.81 bits per heavy atom. The second-order valence-corrected chi connectivity index (χ2v) is 4.86. The molecular formula is C18H26N2O. The molecule has 1 amide bonds. The maximum atomic E-state index is 12.3. The third-order valence-corrected chi connectivity index (χ3v) is 3.37. The van der Waals surface area contributed by atoms with Crippen molar-refractivity contribution < 1.29 is 4.79 Å².